The zero-order valence-electron chi connectivity index (χ0n) is 8.41. The number of nitrogens with one attached hydrogen (secondary N) is 1. The average Bonchev–Trinajstić information content (AvgIpc) is 2.46. The number of nitrogens with zero attached hydrogens (tertiary/aromatic N) is 3. The molecular weight excluding hydrogens is 164 g/mol. The van der Waals surface area contributed by atoms with E-state index in [0.717, 1.165) is 24.9 Å². The molecule has 0 saturated heterocycles. The second-order valence-electron chi connectivity index (χ2n) is 4.13. The van der Waals surface area contributed by atoms with Gasteiger partial charge >= 0.3 is 0 Å². The van der Waals surface area contributed by atoms with Crippen LogP contribution < -0.4 is 5.32 Å². The highest BCUT2D eigenvalue weighted by Crippen LogP contribution is 2.21. The zero-order chi connectivity index (χ0) is 9.42. The van der Waals surface area contributed by atoms with Crippen LogP contribution in [0.1, 0.15) is 32.5 Å². The molecule has 0 amide bonds. The van der Waals surface area contributed by atoms with Gasteiger partial charge in [-0.05, 0) is 5.92 Å². The van der Waals surface area contributed by atoms with Crippen molar-refractivity contribution in [3.63, 3.8) is 0 Å². The maximum absolute atomic E-state index is 4.18. The molecule has 72 valence electrons. The van der Waals surface area contributed by atoms with E-state index in [1.807, 2.05) is 0 Å². The van der Waals surface area contributed by atoms with Crippen LogP contribution in [0.3, 0.4) is 0 Å². The summed E-state index contributed by atoms with van der Waals surface area (Å²) in [6, 6.07) is 0. The summed E-state index contributed by atoms with van der Waals surface area (Å²) in [7, 11) is 0. The highest BCUT2D eigenvalue weighted by Gasteiger charge is 2.20. The summed E-state index contributed by atoms with van der Waals surface area (Å²) in [5.74, 6) is 3.14. The minimum atomic E-state index is 0.452. The van der Waals surface area contributed by atoms with Gasteiger partial charge in [0.15, 0.2) is 0 Å². The molecule has 0 radical (unpaired) electrons. The lowest BCUT2D eigenvalue weighted by atomic mass is 10.1. The van der Waals surface area contributed by atoms with Crippen molar-refractivity contribution in [3.8, 4) is 0 Å². The minimum absolute atomic E-state index is 0.452. The van der Waals surface area contributed by atoms with Gasteiger partial charge in [-0.3, -0.25) is 4.57 Å². The molecule has 1 aromatic rings. The summed E-state index contributed by atoms with van der Waals surface area (Å²) in [6.07, 6.45) is 0. The van der Waals surface area contributed by atoms with Crippen LogP contribution in [-0.2, 0) is 6.54 Å². The molecule has 0 saturated carbocycles. The van der Waals surface area contributed by atoms with Crippen molar-refractivity contribution in [1.82, 2.24) is 14.8 Å². The lowest BCUT2D eigenvalue weighted by molar-refractivity contribution is 0.459. The van der Waals surface area contributed by atoms with Gasteiger partial charge in [-0.2, -0.15) is 0 Å². The molecule has 0 bridgehead atoms. The quantitative estimate of drug-likeness (QED) is 0.711. The van der Waals surface area contributed by atoms with Gasteiger partial charge in [-0.1, -0.05) is 20.8 Å². The number of aromatic nitrogens is 3. The van der Waals surface area contributed by atoms with Crippen molar-refractivity contribution in [1.29, 1.82) is 0 Å². The van der Waals surface area contributed by atoms with Crippen LogP contribution in [0.2, 0.25) is 0 Å². The monoisotopic (exact) mass is 180 g/mol. The fourth-order valence-corrected chi connectivity index (χ4v) is 1.69. The molecule has 2 rings (SSSR count). The van der Waals surface area contributed by atoms with Gasteiger partial charge in [0.25, 0.3) is 0 Å². The summed E-state index contributed by atoms with van der Waals surface area (Å²) >= 11 is 0. The Labute approximate surface area is 78.4 Å². The Kier molecular flexibility index (Phi) is 1.98. The predicted molar refractivity (Wildman–Crippen MR) is 51.8 cm³/mol. The molecule has 1 aliphatic rings. The second kappa shape index (κ2) is 3.01. The standard InChI is InChI=1S/C9H16N4/c1-6(2)8-11-12-9-10-4-7(3)5-13(8)9/h6-7H,4-5H2,1-3H3,(H,10,12). The Balaban J connectivity index is 2.35. The number of anilines is 1. The molecule has 1 unspecified atom stereocenters. The van der Waals surface area contributed by atoms with Gasteiger partial charge in [0, 0.05) is 19.0 Å². The van der Waals surface area contributed by atoms with Crippen LogP contribution in [0.15, 0.2) is 0 Å². The fraction of sp³-hybridized carbons (Fsp3) is 0.778. The number of hydrogen-bond acceptors (Lipinski definition) is 3. The van der Waals surface area contributed by atoms with Gasteiger partial charge in [0.1, 0.15) is 5.82 Å². The zero-order valence-corrected chi connectivity index (χ0v) is 8.41. The second-order valence-corrected chi connectivity index (χ2v) is 4.13. The Hall–Kier alpha value is -1.06. The first kappa shape index (κ1) is 8.53. The molecule has 0 spiro atoms. The van der Waals surface area contributed by atoms with E-state index in [4.69, 9.17) is 0 Å². The van der Waals surface area contributed by atoms with Crippen LogP contribution in [0.5, 0.6) is 0 Å². The van der Waals surface area contributed by atoms with Gasteiger partial charge < -0.3 is 5.32 Å². The number of fused-ring (bicyclic) bond motifs is 1. The van der Waals surface area contributed by atoms with Crippen LogP contribution in [0, 0.1) is 5.92 Å². The summed E-state index contributed by atoms with van der Waals surface area (Å²) in [6.45, 7) is 8.59. The number of hydrogen-bond donors (Lipinski definition) is 1. The van der Waals surface area contributed by atoms with Gasteiger partial charge in [0.05, 0.1) is 0 Å². The van der Waals surface area contributed by atoms with Crippen LogP contribution in [0.4, 0.5) is 5.95 Å². The molecule has 1 aliphatic heterocycles. The van der Waals surface area contributed by atoms with Crippen LogP contribution >= 0.6 is 0 Å². The molecule has 4 heteroatoms. The normalized spacial score (nSPS) is 21.4. The topological polar surface area (TPSA) is 42.7 Å². The van der Waals surface area contributed by atoms with Crippen molar-refractivity contribution >= 4 is 5.95 Å². The lowest BCUT2D eigenvalue weighted by Gasteiger charge is -2.22. The highest BCUT2D eigenvalue weighted by molar-refractivity contribution is 5.28. The van der Waals surface area contributed by atoms with Gasteiger partial charge in [-0.25, -0.2) is 0 Å². The summed E-state index contributed by atoms with van der Waals surface area (Å²) in [5.41, 5.74) is 0. The van der Waals surface area contributed by atoms with E-state index in [1.54, 1.807) is 0 Å². The summed E-state index contributed by atoms with van der Waals surface area (Å²) < 4.78 is 2.19. The minimum Gasteiger partial charge on any atom is -0.354 e. The van der Waals surface area contributed by atoms with E-state index >= 15 is 0 Å². The number of rotatable bonds is 1. The average molecular weight is 180 g/mol. The molecule has 0 fully saturated rings. The van der Waals surface area contributed by atoms with Gasteiger partial charge in [0.2, 0.25) is 5.95 Å². The largest absolute Gasteiger partial charge is 0.354 e. The van der Waals surface area contributed by atoms with Crippen molar-refractivity contribution in [2.24, 2.45) is 5.92 Å². The van der Waals surface area contributed by atoms with E-state index < -0.39 is 0 Å². The van der Waals surface area contributed by atoms with Crippen molar-refractivity contribution in [2.45, 2.75) is 33.2 Å². The molecule has 1 atom stereocenters. The van der Waals surface area contributed by atoms with E-state index in [-0.39, 0.29) is 0 Å². The molecule has 0 aromatic carbocycles. The van der Waals surface area contributed by atoms with E-state index in [1.165, 1.54) is 0 Å². The molecular formula is C9H16N4. The Morgan fingerprint density at radius 1 is 1.46 bits per heavy atom. The molecule has 1 aromatic heterocycles. The Bertz CT molecular complexity index is 303. The van der Waals surface area contributed by atoms with Crippen LogP contribution in [-0.4, -0.2) is 21.3 Å². The predicted octanol–water partition coefficient (Wildman–Crippen LogP) is 1.46. The Morgan fingerprint density at radius 2 is 2.23 bits per heavy atom. The molecule has 1 N–H and O–H groups in total. The van der Waals surface area contributed by atoms with Crippen LogP contribution in [0.25, 0.3) is 0 Å². The van der Waals surface area contributed by atoms with E-state index in [0.29, 0.717) is 11.8 Å². The maximum atomic E-state index is 4.18. The third kappa shape index (κ3) is 1.41. The third-order valence-electron chi connectivity index (χ3n) is 2.40. The first-order chi connectivity index (χ1) is 6.18. The first-order valence-corrected chi connectivity index (χ1v) is 4.85. The SMILES string of the molecule is CC1CNc2nnc(C(C)C)n2C1. The Morgan fingerprint density at radius 3 is 2.92 bits per heavy atom. The van der Waals surface area contributed by atoms with Crippen molar-refractivity contribution < 1.29 is 0 Å². The fourth-order valence-electron chi connectivity index (χ4n) is 1.69. The van der Waals surface area contributed by atoms with Crippen molar-refractivity contribution in [2.75, 3.05) is 11.9 Å². The lowest BCUT2D eigenvalue weighted by Crippen LogP contribution is -2.26. The maximum Gasteiger partial charge on any atom is 0.224 e. The van der Waals surface area contributed by atoms with E-state index in [9.17, 15) is 0 Å². The smallest absolute Gasteiger partial charge is 0.224 e. The van der Waals surface area contributed by atoms with Gasteiger partial charge in [-0.15, -0.1) is 10.2 Å². The van der Waals surface area contributed by atoms with E-state index in [2.05, 4.69) is 40.9 Å². The highest BCUT2D eigenvalue weighted by atomic mass is 15.4. The summed E-state index contributed by atoms with van der Waals surface area (Å²) in [4.78, 5) is 0. The summed E-state index contributed by atoms with van der Waals surface area (Å²) in [5, 5.41) is 11.6. The van der Waals surface area contributed by atoms with Crippen molar-refractivity contribution in [3.05, 3.63) is 5.82 Å². The molecule has 13 heavy (non-hydrogen) atoms. The first-order valence-electron chi connectivity index (χ1n) is 4.85. The third-order valence-corrected chi connectivity index (χ3v) is 2.40. The molecule has 2 heterocycles. The molecule has 4 nitrogen and oxygen atoms in total. The molecule has 0 aliphatic carbocycles.